The quantitative estimate of drug-likeness (QED) is 0.619. The highest BCUT2D eigenvalue weighted by Crippen LogP contribution is 2.25. The van der Waals surface area contributed by atoms with Crippen molar-refractivity contribution in [2.45, 2.75) is 52.0 Å². The summed E-state index contributed by atoms with van der Waals surface area (Å²) in [5.41, 5.74) is 2.89. The Labute approximate surface area is 186 Å². The zero-order valence-electron chi connectivity index (χ0n) is 19.3. The Bertz CT molecular complexity index is 979. The third-order valence-electron chi connectivity index (χ3n) is 5.16. The molecule has 0 spiro atoms. The van der Waals surface area contributed by atoms with Crippen LogP contribution in [-0.4, -0.2) is 34.2 Å². The first-order valence-electron chi connectivity index (χ1n) is 10.4. The van der Waals surface area contributed by atoms with Gasteiger partial charge in [-0.3, -0.25) is 9.10 Å². The molecule has 0 unspecified atom stereocenters. The van der Waals surface area contributed by atoms with Gasteiger partial charge in [-0.05, 0) is 42.0 Å². The molecule has 0 saturated heterocycles. The molecule has 1 amide bonds. The average molecular weight is 447 g/mol. The molecule has 0 aliphatic heterocycles. The summed E-state index contributed by atoms with van der Waals surface area (Å²) >= 11 is 0. The maximum Gasteiger partial charge on any atom is 0.232 e. The maximum atomic E-state index is 12.4. The van der Waals surface area contributed by atoms with E-state index in [0.29, 0.717) is 17.9 Å². The lowest BCUT2D eigenvalue weighted by atomic mass is 9.86. The minimum Gasteiger partial charge on any atom is -0.497 e. The van der Waals surface area contributed by atoms with Gasteiger partial charge in [0.15, 0.2) is 0 Å². The zero-order valence-corrected chi connectivity index (χ0v) is 20.1. The lowest BCUT2D eigenvalue weighted by Crippen LogP contribution is -2.32. The van der Waals surface area contributed by atoms with Crippen molar-refractivity contribution in [3.63, 3.8) is 0 Å². The summed E-state index contributed by atoms with van der Waals surface area (Å²) in [5, 5.41) is 3.00. The highest BCUT2D eigenvalue weighted by molar-refractivity contribution is 7.92. The molecule has 0 aromatic heterocycles. The molecular formula is C24H34N2O4S. The molecule has 0 aliphatic rings. The number of carbonyl (C=O) groups excluding carboxylic acids is 1. The Morgan fingerprint density at radius 3 is 2.32 bits per heavy atom. The van der Waals surface area contributed by atoms with Crippen LogP contribution in [0.4, 0.5) is 5.69 Å². The first kappa shape index (κ1) is 24.7. The molecule has 0 radical (unpaired) electrons. The molecule has 170 valence electrons. The number of anilines is 1. The summed E-state index contributed by atoms with van der Waals surface area (Å²) in [6, 6.07) is 15.0. The van der Waals surface area contributed by atoms with E-state index in [4.69, 9.17) is 4.74 Å². The number of carbonyl (C=O) groups is 1. The van der Waals surface area contributed by atoms with Gasteiger partial charge in [0.2, 0.25) is 15.9 Å². The van der Waals surface area contributed by atoms with Crippen LogP contribution in [0.5, 0.6) is 5.75 Å². The summed E-state index contributed by atoms with van der Waals surface area (Å²) in [6.45, 7) is 8.66. The fraction of sp³-hybridized carbons (Fsp3) is 0.458. The van der Waals surface area contributed by atoms with Crippen molar-refractivity contribution in [3.05, 3.63) is 59.7 Å². The van der Waals surface area contributed by atoms with Crippen molar-refractivity contribution in [2.24, 2.45) is 0 Å². The van der Waals surface area contributed by atoms with Crippen LogP contribution in [0.2, 0.25) is 0 Å². The molecule has 31 heavy (non-hydrogen) atoms. The molecule has 2 aromatic rings. The summed E-state index contributed by atoms with van der Waals surface area (Å²) < 4.78 is 31.0. The van der Waals surface area contributed by atoms with Gasteiger partial charge in [-0.2, -0.15) is 0 Å². The van der Waals surface area contributed by atoms with Gasteiger partial charge in [0.05, 0.1) is 25.1 Å². The van der Waals surface area contributed by atoms with Crippen LogP contribution < -0.4 is 14.4 Å². The summed E-state index contributed by atoms with van der Waals surface area (Å²) in [5.74, 6) is 0.474. The second-order valence-corrected chi connectivity index (χ2v) is 10.7. The van der Waals surface area contributed by atoms with Crippen LogP contribution in [0.3, 0.4) is 0 Å². The number of sulfonamides is 1. The minimum atomic E-state index is -3.48. The van der Waals surface area contributed by atoms with E-state index in [1.54, 1.807) is 24.3 Å². The summed E-state index contributed by atoms with van der Waals surface area (Å²) in [7, 11) is -1.94. The van der Waals surface area contributed by atoms with Gasteiger partial charge < -0.3 is 10.1 Å². The first-order chi connectivity index (χ1) is 14.4. The van der Waals surface area contributed by atoms with Crippen LogP contribution in [-0.2, 0) is 20.2 Å². The Kier molecular flexibility index (Phi) is 8.12. The summed E-state index contributed by atoms with van der Waals surface area (Å²) in [4.78, 5) is 12.4. The van der Waals surface area contributed by atoms with Crippen LogP contribution in [0, 0.1) is 0 Å². The van der Waals surface area contributed by atoms with Gasteiger partial charge in [-0.25, -0.2) is 8.42 Å². The molecule has 6 nitrogen and oxygen atoms in total. The molecule has 2 rings (SSSR count). The third-order valence-corrected chi connectivity index (χ3v) is 6.35. The van der Waals surface area contributed by atoms with Gasteiger partial charge >= 0.3 is 0 Å². The Morgan fingerprint density at radius 1 is 1.13 bits per heavy atom. The van der Waals surface area contributed by atoms with E-state index in [-0.39, 0.29) is 30.3 Å². The van der Waals surface area contributed by atoms with Gasteiger partial charge in [0.25, 0.3) is 0 Å². The van der Waals surface area contributed by atoms with E-state index in [1.807, 2.05) is 19.1 Å². The zero-order chi connectivity index (χ0) is 23.2. The number of hydrogen-bond acceptors (Lipinski definition) is 4. The maximum absolute atomic E-state index is 12.4. The van der Waals surface area contributed by atoms with Crippen molar-refractivity contribution in [2.75, 3.05) is 24.2 Å². The average Bonchev–Trinajstić information content (AvgIpc) is 2.69. The lowest BCUT2D eigenvalue weighted by molar-refractivity contribution is -0.121. The Balaban J connectivity index is 1.94. The van der Waals surface area contributed by atoms with E-state index in [9.17, 15) is 13.2 Å². The minimum absolute atomic E-state index is 0.0826. The van der Waals surface area contributed by atoms with Gasteiger partial charge in [0, 0.05) is 19.0 Å². The van der Waals surface area contributed by atoms with Crippen LogP contribution >= 0.6 is 0 Å². The number of ether oxygens (including phenoxy) is 1. The van der Waals surface area contributed by atoms with E-state index >= 15 is 0 Å². The standard InChI is InChI=1S/C24H34N2O4S/c1-18(19-12-14-20(15-13-19)24(2,3)4)25-23(27)11-8-16-26(31(6,28)29)21-9-7-10-22(17-21)30-5/h7,9-10,12-15,17-18H,8,11,16H2,1-6H3,(H,25,27)/t18-/m0/s1. The number of amides is 1. The molecule has 0 fully saturated rings. The molecule has 2 aromatic carbocycles. The predicted molar refractivity (Wildman–Crippen MR) is 126 cm³/mol. The normalized spacial score (nSPS) is 12.8. The van der Waals surface area contributed by atoms with E-state index < -0.39 is 10.0 Å². The van der Waals surface area contributed by atoms with E-state index in [2.05, 4.69) is 38.2 Å². The number of benzene rings is 2. The van der Waals surface area contributed by atoms with Crippen molar-refractivity contribution in [3.8, 4) is 5.75 Å². The topological polar surface area (TPSA) is 75.7 Å². The van der Waals surface area contributed by atoms with Crippen molar-refractivity contribution in [1.29, 1.82) is 0 Å². The summed E-state index contributed by atoms with van der Waals surface area (Å²) in [6.07, 6.45) is 1.81. The molecule has 1 atom stereocenters. The number of methoxy groups -OCH3 is 1. The monoisotopic (exact) mass is 446 g/mol. The van der Waals surface area contributed by atoms with Crippen molar-refractivity contribution >= 4 is 21.6 Å². The second kappa shape index (κ2) is 10.2. The number of hydrogen-bond donors (Lipinski definition) is 1. The smallest absolute Gasteiger partial charge is 0.232 e. The van der Waals surface area contributed by atoms with Crippen LogP contribution in [0.25, 0.3) is 0 Å². The molecule has 0 saturated carbocycles. The molecule has 7 heteroatoms. The Hall–Kier alpha value is -2.54. The van der Waals surface area contributed by atoms with Gasteiger partial charge in [-0.1, -0.05) is 51.1 Å². The fourth-order valence-electron chi connectivity index (χ4n) is 3.30. The number of nitrogens with zero attached hydrogens (tertiary/aromatic N) is 1. The Morgan fingerprint density at radius 2 is 1.77 bits per heavy atom. The molecule has 0 heterocycles. The molecular weight excluding hydrogens is 412 g/mol. The highest BCUT2D eigenvalue weighted by Gasteiger charge is 2.19. The van der Waals surface area contributed by atoms with Crippen molar-refractivity contribution < 1.29 is 17.9 Å². The van der Waals surface area contributed by atoms with Crippen LogP contribution in [0.1, 0.15) is 57.7 Å². The fourth-order valence-corrected chi connectivity index (χ4v) is 4.26. The SMILES string of the molecule is COc1cccc(N(CCCC(=O)N[C@@H](C)c2ccc(C(C)(C)C)cc2)S(C)(=O)=O)c1. The van der Waals surface area contributed by atoms with Gasteiger partial charge in [0.1, 0.15) is 5.75 Å². The largest absolute Gasteiger partial charge is 0.497 e. The highest BCUT2D eigenvalue weighted by atomic mass is 32.2. The van der Waals surface area contributed by atoms with E-state index in [0.717, 1.165) is 11.8 Å². The third kappa shape index (κ3) is 7.28. The molecule has 0 aliphatic carbocycles. The van der Waals surface area contributed by atoms with Crippen LogP contribution in [0.15, 0.2) is 48.5 Å². The first-order valence-corrected chi connectivity index (χ1v) is 12.3. The second-order valence-electron chi connectivity index (χ2n) is 8.80. The predicted octanol–water partition coefficient (Wildman–Crippen LogP) is 4.42. The lowest BCUT2D eigenvalue weighted by Gasteiger charge is -2.23. The molecule has 0 bridgehead atoms. The molecule has 1 N–H and O–H groups in total. The number of rotatable bonds is 9. The van der Waals surface area contributed by atoms with Gasteiger partial charge in [-0.15, -0.1) is 0 Å². The van der Waals surface area contributed by atoms with E-state index in [1.165, 1.54) is 17.0 Å². The number of nitrogens with one attached hydrogen (secondary N) is 1. The van der Waals surface area contributed by atoms with Crippen molar-refractivity contribution in [1.82, 2.24) is 5.32 Å².